The van der Waals surface area contributed by atoms with E-state index in [-0.39, 0.29) is 18.1 Å². The van der Waals surface area contributed by atoms with Crippen LogP contribution in [0, 0.1) is 11.5 Å². The predicted octanol–water partition coefficient (Wildman–Crippen LogP) is 2.41. The number of anilines is 1. The smallest absolute Gasteiger partial charge is 0.253 e. The quantitative estimate of drug-likeness (QED) is 0.789. The number of para-hydroxylation sites is 1. The van der Waals surface area contributed by atoms with Crippen molar-refractivity contribution in [3.8, 4) is 11.9 Å². The van der Waals surface area contributed by atoms with Gasteiger partial charge in [0.15, 0.2) is 6.19 Å². The van der Waals surface area contributed by atoms with Gasteiger partial charge < -0.3 is 19.9 Å². The number of hydrogen-bond acceptors (Lipinski definition) is 6. The summed E-state index contributed by atoms with van der Waals surface area (Å²) in [4.78, 5) is 20.8. The second-order valence-corrected chi connectivity index (χ2v) is 7.53. The van der Waals surface area contributed by atoms with Crippen LogP contribution in [0.1, 0.15) is 29.6 Å². The van der Waals surface area contributed by atoms with Gasteiger partial charge in [0, 0.05) is 51.3 Å². The number of likely N-dealkylation sites (tertiary alicyclic amines) is 1. The molecule has 2 saturated heterocycles. The summed E-state index contributed by atoms with van der Waals surface area (Å²) in [6.07, 6.45) is 6.65. The summed E-state index contributed by atoms with van der Waals surface area (Å²) in [5, 5.41) is 11.9. The van der Waals surface area contributed by atoms with Crippen LogP contribution in [-0.2, 0) is 0 Å². The Morgan fingerprint density at radius 2 is 1.90 bits per heavy atom. The number of nitrogens with zero attached hydrogens (tertiary/aromatic N) is 4. The van der Waals surface area contributed by atoms with E-state index >= 15 is 0 Å². The fourth-order valence-corrected chi connectivity index (χ4v) is 3.84. The van der Waals surface area contributed by atoms with Crippen LogP contribution in [0.4, 0.5) is 5.82 Å². The van der Waals surface area contributed by atoms with E-state index < -0.39 is 0 Å². The zero-order valence-corrected chi connectivity index (χ0v) is 16.3. The van der Waals surface area contributed by atoms with Gasteiger partial charge in [-0.2, -0.15) is 5.26 Å². The molecule has 29 heavy (non-hydrogen) atoms. The molecule has 0 unspecified atom stereocenters. The van der Waals surface area contributed by atoms with E-state index in [1.165, 1.54) is 0 Å². The van der Waals surface area contributed by atoms with E-state index in [1.54, 1.807) is 11.1 Å². The van der Waals surface area contributed by atoms with Crippen LogP contribution in [0.5, 0.6) is 5.75 Å². The van der Waals surface area contributed by atoms with Gasteiger partial charge in [-0.3, -0.25) is 4.79 Å². The van der Waals surface area contributed by atoms with Crippen LogP contribution in [0.25, 0.3) is 0 Å². The summed E-state index contributed by atoms with van der Waals surface area (Å²) in [5.41, 5.74) is 0.548. The van der Waals surface area contributed by atoms with Crippen molar-refractivity contribution in [3.63, 3.8) is 0 Å². The van der Waals surface area contributed by atoms with Gasteiger partial charge >= 0.3 is 0 Å². The molecule has 1 amide bonds. The second kappa shape index (κ2) is 8.82. The van der Waals surface area contributed by atoms with Crippen LogP contribution < -0.4 is 15.0 Å². The normalized spacial score (nSPS) is 19.6. The van der Waals surface area contributed by atoms with Gasteiger partial charge in [0.05, 0.1) is 5.56 Å². The van der Waals surface area contributed by atoms with Gasteiger partial charge in [0.2, 0.25) is 0 Å². The van der Waals surface area contributed by atoms with Gasteiger partial charge in [-0.25, -0.2) is 4.98 Å². The number of aromatic nitrogens is 1. The first-order chi connectivity index (χ1) is 14.2. The molecule has 2 aliphatic heterocycles. The maximum absolute atomic E-state index is 12.4. The molecule has 1 atom stereocenters. The molecule has 0 bridgehead atoms. The number of carbonyl (C=O) groups is 1. The zero-order valence-electron chi connectivity index (χ0n) is 16.3. The first kappa shape index (κ1) is 19.1. The highest BCUT2D eigenvalue weighted by molar-refractivity contribution is 5.94. The Balaban J connectivity index is 1.27. The van der Waals surface area contributed by atoms with Crippen LogP contribution in [-0.4, -0.2) is 54.1 Å². The Bertz CT molecular complexity index is 857. The lowest BCUT2D eigenvalue weighted by Crippen LogP contribution is -2.39. The Labute approximate surface area is 170 Å². The molecule has 1 aromatic heterocycles. The molecular formula is C22H25N5O2. The van der Waals surface area contributed by atoms with Gasteiger partial charge in [0.25, 0.3) is 5.91 Å². The standard InChI is InChI=1S/C22H25N5O2/c23-16-26-11-8-18(15-26)25-22(28)17-6-7-21(24-14-17)27-12-9-20(10-13-27)29-19-4-2-1-3-5-19/h1-7,14,18,20H,8-13,15H2,(H,25,28)/t18-/m1/s1. The average molecular weight is 391 g/mol. The number of nitrogens with one attached hydrogen (secondary N) is 1. The van der Waals surface area contributed by atoms with Gasteiger partial charge in [-0.05, 0) is 30.7 Å². The van der Waals surface area contributed by atoms with Crippen LogP contribution >= 0.6 is 0 Å². The third kappa shape index (κ3) is 4.77. The molecule has 150 valence electrons. The van der Waals surface area contributed by atoms with E-state index in [1.807, 2.05) is 42.5 Å². The third-order valence-corrected chi connectivity index (χ3v) is 5.49. The molecule has 3 heterocycles. The Hall–Kier alpha value is -3.27. The minimum Gasteiger partial charge on any atom is -0.490 e. The van der Waals surface area contributed by atoms with Crippen molar-refractivity contribution in [3.05, 3.63) is 54.2 Å². The van der Waals surface area contributed by atoms with E-state index in [0.29, 0.717) is 18.7 Å². The first-order valence-corrected chi connectivity index (χ1v) is 10.1. The highest BCUT2D eigenvalue weighted by atomic mass is 16.5. The molecule has 2 aromatic rings. The lowest BCUT2D eigenvalue weighted by atomic mass is 10.1. The summed E-state index contributed by atoms with van der Waals surface area (Å²) >= 11 is 0. The summed E-state index contributed by atoms with van der Waals surface area (Å²) in [5.74, 6) is 1.67. The van der Waals surface area contributed by atoms with E-state index in [4.69, 9.17) is 10.00 Å². The molecule has 0 aliphatic carbocycles. The van der Waals surface area contributed by atoms with Crippen LogP contribution in [0.3, 0.4) is 0 Å². The summed E-state index contributed by atoms with van der Waals surface area (Å²) in [7, 11) is 0. The molecule has 0 spiro atoms. The first-order valence-electron chi connectivity index (χ1n) is 10.1. The maximum Gasteiger partial charge on any atom is 0.253 e. The van der Waals surface area contributed by atoms with E-state index in [2.05, 4.69) is 21.4 Å². The SMILES string of the molecule is N#CN1CC[C@@H](NC(=O)c2ccc(N3CCC(Oc4ccccc4)CC3)nc2)C1. The number of pyridine rings is 1. The minimum absolute atomic E-state index is 0.0190. The van der Waals surface area contributed by atoms with Crippen molar-refractivity contribution in [2.75, 3.05) is 31.1 Å². The number of rotatable bonds is 5. The largest absolute Gasteiger partial charge is 0.490 e. The van der Waals surface area contributed by atoms with Gasteiger partial charge in [0.1, 0.15) is 17.7 Å². The Kier molecular flexibility index (Phi) is 5.80. The number of piperidine rings is 1. The van der Waals surface area contributed by atoms with Crippen LogP contribution in [0.15, 0.2) is 48.7 Å². The molecule has 0 saturated carbocycles. The predicted molar refractivity (Wildman–Crippen MR) is 110 cm³/mol. The number of hydrogen-bond donors (Lipinski definition) is 1. The van der Waals surface area contributed by atoms with Crippen molar-refractivity contribution in [1.82, 2.24) is 15.2 Å². The van der Waals surface area contributed by atoms with Crippen molar-refractivity contribution in [1.29, 1.82) is 5.26 Å². The maximum atomic E-state index is 12.4. The number of nitriles is 1. The molecule has 1 aromatic carbocycles. The third-order valence-electron chi connectivity index (χ3n) is 5.49. The molecule has 2 fully saturated rings. The van der Waals surface area contributed by atoms with Gasteiger partial charge in [-0.15, -0.1) is 0 Å². The minimum atomic E-state index is -0.135. The molecule has 7 nitrogen and oxygen atoms in total. The monoisotopic (exact) mass is 391 g/mol. The highest BCUT2D eigenvalue weighted by Gasteiger charge is 2.24. The lowest BCUT2D eigenvalue weighted by molar-refractivity contribution is 0.0938. The van der Waals surface area contributed by atoms with Crippen molar-refractivity contribution in [2.24, 2.45) is 0 Å². The van der Waals surface area contributed by atoms with Crippen molar-refractivity contribution < 1.29 is 9.53 Å². The fraction of sp³-hybridized carbons (Fsp3) is 0.409. The molecule has 2 aliphatic rings. The summed E-state index contributed by atoms with van der Waals surface area (Å²) < 4.78 is 6.05. The number of carbonyl (C=O) groups excluding carboxylic acids is 1. The summed E-state index contributed by atoms with van der Waals surface area (Å²) in [6, 6.07) is 13.7. The molecular weight excluding hydrogens is 366 g/mol. The Morgan fingerprint density at radius 1 is 1.10 bits per heavy atom. The number of ether oxygens (including phenoxy) is 1. The lowest BCUT2D eigenvalue weighted by Gasteiger charge is -2.33. The number of benzene rings is 1. The second-order valence-electron chi connectivity index (χ2n) is 7.53. The van der Waals surface area contributed by atoms with Crippen molar-refractivity contribution in [2.45, 2.75) is 31.4 Å². The van der Waals surface area contributed by atoms with Gasteiger partial charge in [-0.1, -0.05) is 18.2 Å². The van der Waals surface area contributed by atoms with Crippen molar-refractivity contribution >= 4 is 11.7 Å². The fourth-order valence-electron chi connectivity index (χ4n) is 3.84. The molecule has 0 radical (unpaired) electrons. The van der Waals surface area contributed by atoms with E-state index in [0.717, 1.165) is 43.9 Å². The molecule has 4 rings (SSSR count). The topological polar surface area (TPSA) is 81.5 Å². The van der Waals surface area contributed by atoms with E-state index in [9.17, 15) is 4.79 Å². The number of amides is 1. The highest BCUT2D eigenvalue weighted by Crippen LogP contribution is 2.22. The zero-order chi connectivity index (χ0) is 20.1. The average Bonchev–Trinajstić information content (AvgIpc) is 3.23. The molecule has 1 N–H and O–H groups in total. The molecule has 7 heteroatoms. The summed E-state index contributed by atoms with van der Waals surface area (Å²) in [6.45, 7) is 3.03. The Morgan fingerprint density at radius 3 is 2.55 bits per heavy atom. The van der Waals surface area contributed by atoms with Crippen LogP contribution in [0.2, 0.25) is 0 Å².